The number of allylic oxidation sites excluding steroid dienone is 4. The van der Waals surface area contributed by atoms with Gasteiger partial charge in [-0.1, -0.05) is 0 Å². The number of carbonyl (C=O) groups is 2. The molecule has 0 spiro atoms. The van der Waals surface area contributed by atoms with Crippen molar-refractivity contribution in [1.82, 2.24) is 0 Å². The first-order chi connectivity index (χ1) is 7.11. The molecule has 99 valence electrons. The fourth-order valence-corrected chi connectivity index (χ4v) is 0.510. The van der Waals surface area contributed by atoms with Crippen LogP contribution in [0.4, 0.5) is 0 Å². The van der Waals surface area contributed by atoms with Crippen molar-refractivity contribution in [2.24, 2.45) is 0 Å². The van der Waals surface area contributed by atoms with Crippen molar-refractivity contribution in [2.45, 2.75) is 41.5 Å². The van der Waals surface area contributed by atoms with Crippen LogP contribution in [-0.2, 0) is 26.7 Å². The van der Waals surface area contributed by atoms with Gasteiger partial charge in [0.05, 0.1) is 11.5 Å². The van der Waals surface area contributed by atoms with Gasteiger partial charge in [0.1, 0.15) is 0 Å². The van der Waals surface area contributed by atoms with Gasteiger partial charge in [0, 0.05) is 28.2 Å². The Balaban J connectivity index is -0.000000218. The molecule has 4 nitrogen and oxygen atoms in total. The average Bonchev–Trinajstić information content (AvgIpc) is 2.15. The van der Waals surface area contributed by atoms with Crippen molar-refractivity contribution >= 4 is 11.6 Å². The van der Waals surface area contributed by atoms with Crippen LogP contribution in [0.25, 0.3) is 0 Å². The van der Waals surface area contributed by atoms with E-state index < -0.39 is 0 Å². The molecule has 1 radical (unpaired) electrons. The molecule has 0 fully saturated rings. The van der Waals surface area contributed by atoms with Crippen molar-refractivity contribution in [1.29, 1.82) is 0 Å². The Morgan fingerprint density at radius 1 is 0.647 bits per heavy atom. The first kappa shape index (κ1) is 21.2. The van der Waals surface area contributed by atoms with E-state index in [9.17, 15) is 9.59 Å². The topological polar surface area (TPSA) is 74.6 Å². The number of rotatable bonds is 2. The number of Topliss-reactive ketones (excluding diaryl/α,β-unsaturated/α-hetero) is 2. The average molecular weight is 283 g/mol. The summed E-state index contributed by atoms with van der Waals surface area (Å²) in [5.41, 5.74) is 0.870. The molecule has 0 heterocycles. The molecule has 0 rings (SSSR count). The third kappa shape index (κ3) is 11.2. The van der Waals surface area contributed by atoms with Crippen LogP contribution in [0.1, 0.15) is 41.5 Å². The van der Waals surface area contributed by atoms with E-state index in [2.05, 4.69) is 0 Å². The Morgan fingerprint density at radius 3 is 0.824 bits per heavy atom. The van der Waals surface area contributed by atoms with E-state index in [1.807, 2.05) is 0 Å². The zero-order valence-corrected chi connectivity index (χ0v) is 12.3. The molecule has 0 aromatic heterocycles. The first-order valence-electron chi connectivity index (χ1n) is 4.86. The van der Waals surface area contributed by atoms with E-state index >= 15 is 0 Å². The molecule has 0 atom stereocenters. The molecule has 0 aliphatic rings. The summed E-state index contributed by atoms with van der Waals surface area (Å²) in [5, 5.41) is 17.3. The fourth-order valence-electron chi connectivity index (χ4n) is 0.510. The number of hydrogen-bond donors (Lipinski definition) is 2. The molecule has 0 aliphatic heterocycles. The van der Waals surface area contributed by atoms with Crippen LogP contribution >= 0.6 is 0 Å². The van der Waals surface area contributed by atoms with Crippen LogP contribution in [0.5, 0.6) is 0 Å². The number of aliphatic hydroxyl groups is 2. The Bertz CT molecular complexity index is 298. The summed E-state index contributed by atoms with van der Waals surface area (Å²) >= 11 is 0. The maximum atomic E-state index is 10.4. The van der Waals surface area contributed by atoms with Gasteiger partial charge in [0.15, 0.2) is 11.6 Å². The zero-order valence-electron chi connectivity index (χ0n) is 11.1. The van der Waals surface area contributed by atoms with Gasteiger partial charge >= 0.3 is 0 Å². The van der Waals surface area contributed by atoms with Crippen molar-refractivity contribution in [3.63, 3.8) is 0 Å². The second-order valence-electron chi connectivity index (χ2n) is 3.53. The molecule has 0 aromatic carbocycles. The van der Waals surface area contributed by atoms with Crippen LogP contribution in [0.2, 0.25) is 0 Å². The van der Waals surface area contributed by atoms with Crippen LogP contribution in [-0.4, -0.2) is 21.8 Å². The standard InChI is InChI=1S/2C6H10O2.Mn/c2*1-4(5(2)7)6(3)8;/h2*7H,1-3H3;/b2*5-4-;. The van der Waals surface area contributed by atoms with Crippen LogP contribution in [0, 0.1) is 0 Å². The number of aliphatic hydroxyl groups excluding tert-OH is 2. The molecule has 2 N–H and O–H groups in total. The summed E-state index contributed by atoms with van der Waals surface area (Å²) in [6.45, 7) is 9.03. The molecular formula is C12H20MnO4. The van der Waals surface area contributed by atoms with Crippen molar-refractivity contribution in [3.8, 4) is 0 Å². The van der Waals surface area contributed by atoms with Crippen molar-refractivity contribution in [3.05, 3.63) is 22.7 Å². The number of ketones is 2. The summed E-state index contributed by atoms with van der Waals surface area (Å²) in [5.74, 6) is 0.0602. The van der Waals surface area contributed by atoms with Crippen LogP contribution in [0.3, 0.4) is 0 Å². The molecule has 5 heteroatoms. The molecular weight excluding hydrogens is 263 g/mol. The Morgan fingerprint density at radius 2 is 0.824 bits per heavy atom. The van der Waals surface area contributed by atoms with Gasteiger partial charge in [-0.15, -0.1) is 0 Å². The summed E-state index contributed by atoms with van der Waals surface area (Å²) in [6.07, 6.45) is 0. The third-order valence-corrected chi connectivity index (χ3v) is 2.14. The monoisotopic (exact) mass is 283 g/mol. The van der Waals surface area contributed by atoms with Gasteiger partial charge in [0.2, 0.25) is 0 Å². The van der Waals surface area contributed by atoms with E-state index in [0.717, 1.165) is 0 Å². The summed E-state index contributed by atoms with van der Waals surface area (Å²) in [4.78, 5) is 20.7. The van der Waals surface area contributed by atoms with Crippen molar-refractivity contribution < 1.29 is 36.9 Å². The normalized spacial score (nSPS) is 12.1. The predicted molar refractivity (Wildman–Crippen MR) is 63.4 cm³/mol. The molecule has 0 aliphatic carbocycles. The maximum Gasteiger partial charge on any atom is 0.158 e. The molecule has 0 saturated heterocycles. The summed E-state index contributed by atoms with van der Waals surface area (Å²) in [7, 11) is 0. The molecule has 0 amide bonds. The molecule has 0 aromatic rings. The van der Waals surface area contributed by atoms with Gasteiger partial charge in [-0.2, -0.15) is 0 Å². The quantitative estimate of drug-likeness (QED) is 0.464. The van der Waals surface area contributed by atoms with Crippen LogP contribution < -0.4 is 0 Å². The minimum atomic E-state index is -0.0787. The molecule has 0 saturated carbocycles. The first-order valence-corrected chi connectivity index (χ1v) is 4.86. The minimum absolute atomic E-state index is 0. The van der Waals surface area contributed by atoms with Gasteiger partial charge < -0.3 is 10.2 Å². The SMILES string of the molecule is CC(=O)/C(C)=C(/C)O.CC(=O)/C(C)=C(/C)O.[Mn]. The van der Waals surface area contributed by atoms with E-state index in [-0.39, 0.29) is 40.2 Å². The Kier molecular flexibility index (Phi) is 12.6. The van der Waals surface area contributed by atoms with Gasteiger partial charge in [0.25, 0.3) is 0 Å². The zero-order chi connectivity index (χ0) is 13.5. The van der Waals surface area contributed by atoms with Gasteiger partial charge in [-0.25, -0.2) is 0 Å². The van der Waals surface area contributed by atoms with Gasteiger partial charge in [-0.05, 0) is 41.5 Å². The van der Waals surface area contributed by atoms with Crippen LogP contribution in [0.15, 0.2) is 22.7 Å². The predicted octanol–water partition coefficient (Wildman–Crippen LogP) is 2.85. The van der Waals surface area contributed by atoms with Crippen molar-refractivity contribution in [2.75, 3.05) is 0 Å². The van der Waals surface area contributed by atoms with E-state index in [0.29, 0.717) is 11.1 Å². The van der Waals surface area contributed by atoms with Gasteiger partial charge in [-0.3, -0.25) is 9.59 Å². The molecule has 0 bridgehead atoms. The fraction of sp³-hybridized carbons (Fsp3) is 0.500. The minimum Gasteiger partial charge on any atom is -0.512 e. The molecule has 0 unspecified atom stereocenters. The Hall–Kier alpha value is -1.06. The molecule has 17 heavy (non-hydrogen) atoms. The van der Waals surface area contributed by atoms with E-state index in [4.69, 9.17) is 10.2 Å². The Labute approximate surface area is 113 Å². The maximum absolute atomic E-state index is 10.4. The second kappa shape index (κ2) is 10.1. The smallest absolute Gasteiger partial charge is 0.158 e. The summed E-state index contributed by atoms with van der Waals surface area (Å²) < 4.78 is 0. The van der Waals surface area contributed by atoms with E-state index in [1.54, 1.807) is 13.8 Å². The largest absolute Gasteiger partial charge is 0.512 e. The second-order valence-corrected chi connectivity index (χ2v) is 3.53. The van der Waals surface area contributed by atoms with E-state index in [1.165, 1.54) is 27.7 Å². The number of carbonyl (C=O) groups excluding carboxylic acids is 2. The summed E-state index contributed by atoms with van der Waals surface area (Å²) in [6, 6.07) is 0. The number of hydrogen-bond acceptors (Lipinski definition) is 4. The third-order valence-electron chi connectivity index (χ3n) is 2.14.